The molecule has 124 valence electrons. The van der Waals surface area contributed by atoms with Crippen LogP contribution in [0.25, 0.3) is 0 Å². The van der Waals surface area contributed by atoms with Crippen molar-refractivity contribution in [1.82, 2.24) is 10.1 Å². The molecule has 0 radical (unpaired) electrons. The average Bonchev–Trinajstić information content (AvgIpc) is 2.93. The Labute approximate surface area is 135 Å². The normalized spacial score (nSPS) is 10.8. The maximum atomic E-state index is 11.9. The third-order valence-corrected chi connectivity index (χ3v) is 2.96. The molecule has 0 N–H and O–H groups in total. The van der Waals surface area contributed by atoms with Crippen molar-refractivity contribution in [2.24, 2.45) is 0 Å². The largest absolute Gasteiger partial charge is 0.491 e. The number of hydrogen-bond donors (Lipinski definition) is 0. The lowest BCUT2D eigenvalue weighted by Gasteiger charge is -2.10. The van der Waals surface area contributed by atoms with Gasteiger partial charge in [-0.3, -0.25) is 4.79 Å². The molecule has 0 amide bonds. The third kappa shape index (κ3) is 5.73. The number of aryl methyl sites for hydroxylation is 1. The Balaban J connectivity index is 1.84. The first-order valence-corrected chi connectivity index (χ1v) is 7.79. The summed E-state index contributed by atoms with van der Waals surface area (Å²) < 4.78 is 15.8. The lowest BCUT2D eigenvalue weighted by Crippen LogP contribution is -2.09. The van der Waals surface area contributed by atoms with Gasteiger partial charge in [0.2, 0.25) is 0 Å². The van der Waals surface area contributed by atoms with Gasteiger partial charge in [0.05, 0.1) is 12.5 Å². The van der Waals surface area contributed by atoms with Gasteiger partial charge >= 0.3 is 5.97 Å². The first-order chi connectivity index (χ1) is 11.1. The molecule has 0 aliphatic carbocycles. The summed E-state index contributed by atoms with van der Waals surface area (Å²) in [6, 6.07) is 7.42. The second-order valence-electron chi connectivity index (χ2n) is 5.51. The van der Waals surface area contributed by atoms with Crippen molar-refractivity contribution in [2.75, 3.05) is 0 Å². The Bertz CT molecular complexity index is 637. The molecule has 0 atom stereocenters. The first kappa shape index (κ1) is 17.0. The van der Waals surface area contributed by atoms with Crippen molar-refractivity contribution in [3.8, 4) is 5.75 Å². The number of benzene rings is 1. The van der Waals surface area contributed by atoms with Gasteiger partial charge in [0.1, 0.15) is 5.75 Å². The highest BCUT2D eigenvalue weighted by Crippen LogP contribution is 2.15. The van der Waals surface area contributed by atoms with E-state index in [-0.39, 0.29) is 25.1 Å². The monoisotopic (exact) mass is 318 g/mol. The fourth-order valence-electron chi connectivity index (χ4n) is 2.03. The molecule has 2 rings (SSSR count). The van der Waals surface area contributed by atoms with E-state index in [1.165, 1.54) is 0 Å². The Morgan fingerprint density at radius 1 is 1.35 bits per heavy atom. The fourth-order valence-corrected chi connectivity index (χ4v) is 2.03. The van der Waals surface area contributed by atoms with Crippen molar-refractivity contribution < 1.29 is 18.8 Å². The van der Waals surface area contributed by atoms with Crippen LogP contribution in [0.5, 0.6) is 5.75 Å². The molecule has 0 fully saturated rings. The van der Waals surface area contributed by atoms with Crippen LogP contribution < -0.4 is 4.74 Å². The molecule has 6 nitrogen and oxygen atoms in total. The molecular weight excluding hydrogens is 296 g/mol. The molecule has 0 aliphatic rings. The molecule has 0 unspecified atom stereocenters. The van der Waals surface area contributed by atoms with Crippen LogP contribution in [-0.4, -0.2) is 22.2 Å². The van der Waals surface area contributed by atoms with E-state index in [1.54, 1.807) is 0 Å². The molecule has 1 aromatic carbocycles. The van der Waals surface area contributed by atoms with Gasteiger partial charge in [0.15, 0.2) is 12.4 Å². The van der Waals surface area contributed by atoms with E-state index in [9.17, 15) is 4.79 Å². The first-order valence-electron chi connectivity index (χ1n) is 7.79. The summed E-state index contributed by atoms with van der Waals surface area (Å²) in [5.41, 5.74) is 0.838. The lowest BCUT2D eigenvalue weighted by atomic mass is 10.1. The van der Waals surface area contributed by atoms with E-state index in [0.717, 1.165) is 24.2 Å². The highest BCUT2D eigenvalue weighted by atomic mass is 16.6. The summed E-state index contributed by atoms with van der Waals surface area (Å²) in [5, 5.41) is 3.81. The number of esters is 1. The van der Waals surface area contributed by atoms with Gasteiger partial charge < -0.3 is 14.0 Å². The fraction of sp³-hybridized carbons (Fsp3) is 0.471. The van der Waals surface area contributed by atoms with E-state index in [4.69, 9.17) is 14.0 Å². The number of aromatic nitrogens is 2. The molecular formula is C17H22N2O4. The molecule has 2 aromatic rings. The summed E-state index contributed by atoms with van der Waals surface area (Å²) in [4.78, 5) is 16.0. The lowest BCUT2D eigenvalue weighted by molar-refractivity contribution is -0.144. The minimum Gasteiger partial charge on any atom is -0.491 e. The zero-order valence-electron chi connectivity index (χ0n) is 13.7. The minimum atomic E-state index is -0.345. The Morgan fingerprint density at radius 2 is 2.17 bits per heavy atom. The van der Waals surface area contributed by atoms with Crippen LogP contribution in [-0.2, 0) is 29.0 Å². The van der Waals surface area contributed by atoms with Gasteiger partial charge in [-0.1, -0.05) is 24.2 Å². The molecule has 1 aromatic heterocycles. The molecule has 0 saturated carbocycles. The predicted octanol–water partition coefficient (Wildman–Crippen LogP) is 3.10. The van der Waals surface area contributed by atoms with Gasteiger partial charge in [-0.05, 0) is 38.0 Å². The smallest absolute Gasteiger partial charge is 0.310 e. The second kappa shape index (κ2) is 8.31. The number of hydrogen-bond acceptors (Lipinski definition) is 6. The van der Waals surface area contributed by atoms with Crippen LogP contribution >= 0.6 is 0 Å². The summed E-state index contributed by atoms with van der Waals surface area (Å²) in [7, 11) is 0. The van der Waals surface area contributed by atoms with E-state index < -0.39 is 0 Å². The van der Waals surface area contributed by atoms with Crippen LogP contribution in [0.15, 0.2) is 28.8 Å². The van der Waals surface area contributed by atoms with Crippen molar-refractivity contribution in [2.45, 2.75) is 52.7 Å². The molecule has 0 spiro atoms. The summed E-state index contributed by atoms with van der Waals surface area (Å²) in [5.74, 6) is 1.35. The minimum absolute atomic E-state index is 0.00225. The molecule has 1 heterocycles. The van der Waals surface area contributed by atoms with Gasteiger partial charge in [-0.2, -0.15) is 4.98 Å². The molecule has 6 heteroatoms. The van der Waals surface area contributed by atoms with E-state index >= 15 is 0 Å². The SMILES string of the molecule is CCCc1noc(COC(=O)Cc2cccc(OC(C)C)c2)n1. The molecule has 0 bridgehead atoms. The van der Waals surface area contributed by atoms with Crippen LogP contribution in [0.4, 0.5) is 0 Å². The van der Waals surface area contributed by atoms with Gasteiger partial charge in [-0.15, -0.1) is 0 Å². The standard InChI is InChI=1S/C17H22N2O4/c1-4-6-15-18-16(23-19-15)11-21-17(20)10-13-7-5-8-14(9-13)22-12(2)3/h5,7-9,12H,4,6,10-11H2,1-3H3. The second-order valence-corrected chi connectivity index (χ2v) is 5.51. The van der Waals surface area contributed by atoms with Gasteiger partial charge in [0, 0.05) is 6.42 Å². The zero-order chi connectivity index (χ0) is 16.7. The van der Waals surface area contributed by atoms with E-state index in [2.05, 4.69) is 10.1 Å². The Morgan fingerprint density at radius 3 is 2.91 bits per heavy atom. The maximum Gasteiger partial charge on any atom is 0.310 e. The number of nitrogens with zero attached hydrogens (tertiary/aromatic N) is 2. The Kier molecular flexibility index (Phi) is 6.14. The summed E-state index contributed by atoms with van der Waals surface area (Å²) >= 11 is 0. The summed E-state index contributed by atoms with van der Waals surface area (Å²) in [6.45, 7) is 5.95. The Hall–Kier alpha value is -2.37. The van der Waals surface area contributed by atoms with Crippen LogP contribution in [0.3, 0.4) is 0 Å². The zero-order valence-corrected chi connectivity index (χ0v) is 13.7. The number of carbonyl (C=O) groups is 1. The van der Waals surface area contributed by atoms with Gasteiger partial charge in [0.25, 0.3) is 5.89 Å². The van der Waals surface area contributed by atoms with Gasteiger partial charge in [-0.25, -0.2) is 0 Å². The van der Waals surface area contributed by atoms with E-state index in [1.807, 2.05) is 45.0 Å². The highest BCUT2D eigenvalue weighted by Gasteiger charge is 2.10. The van der Waals surface area contributed by atoms with E-state index in [0.29, 0.717) is 11.7 Å². The quantitative estimate of drug-likeness (QED) is 0.696. The summed E-state index contributed by atoms with van der Waals surface area (Å²) in [6.07, 6.45) is 1.95. The van der Waals surface area contributed by atoms with Crippen molar-refractivity contribution in [3.05, 3.63) is 41.5 Å². The molecule has 23 heavy (non-hydrogen) atoms. The van der Waals surface area contributed by atoms with Crippen LogP contribution in [0.1, 0.15) is 44.5 Å². The van der Waals surface area contributed by atoms with Crippen LogP contribution in [0, 0.1) is 0 Å². The average molecular weight is 318 g/mol. The molecule has 0 saturated heterocycles. The number of carbonyl (C=O) groups excluding carboxylic acids is 1. The predicted molar refractivity (Wildman–Crippen MR) is 84.0 cm³/mol. The van der Waals surface area contributed by atoms with Crippen molar-refractivity contribution >= 4 is 5.97 Å². The molecule has 0 aliphatic heterocycles. The number of ether oxygens (including phenoxy) is 2. The van der Waals surface area contributed by atoms with Crippen molar-refractivity contribution in [1.29, 1.82) is 0 Å². The third-order valence-electron chi connectivity index (χ3n) is 2.96. The topological polar surface area (TPSA) is 74.5 Å². The number of rotatable bonds is 8. The van der Waals surface area contributed by atoms with Crippen molar-refractivity contribution in [3.63, 3.8) is 0 Å². The van der Waals surface area contributed by atoms with Crippen LogP contribution in [0.2, 0.25) is 0 Å². The highest BCUT2D eigenvalue weighted by molar-refractivity contribution is 5.72. The maximum absolute atomic E-state index is 11.9.